The summed E-state index contributed by atoms with van der Waals surface area (Å²) in [6, 6.07) is 16.2. The first-order chi connectivity index (χ1) is 13.1. The van der Waals surface area contributed by atoms with Gasteiger partial charge in [0.2, 0.25) is 5.91 Å². The molecule has 0 unspecified atom stereocenters. The van der Waals surface area contributed by atoms with Crippen LogP contribution in [-0.2, 0) is 11.2 Å². The molecule has 0 saturated carbocycles. The maximum atomic E-state index is 13.2. The van der Waals surface area contributed by atoms with E-state index >= 15 is 0 Å². The Morgan fingerprint density at radius 3 is 2.46 bits per heavy atom. The van der Waals surface area contributed by atoms with Crippen LogP contribution in [0.2, 0.25) is 0 Å². The van der Waals surface area contributed by atoms with Gasteiger partial charge in [-0.1, -0.05) is 67.1 Å². The number of hydrogen-bond donors (Lipinski definition) is 0. The van der Waals surface area contributed by atoms with Gasteiger partial charge in [0.05, 0.1) is 16.6 Å². The number of halogens is 1. The fourth-order valence-corrected chi connectivity index (χ4v) is 4.18. The van der Waals surface area contributed by atoms with E-state index in [0.29, 0.717) is 13.0 Å². The van der Waals surface area contributed by atoms with Gasteiger partial charge in [0.15, 0.2) is 5.13 Å². The summed E-state index contributed by atoms with van der Waals surface area (Å²) in [6.45, 7) is 9.83. The van der Waals surface area contributed by atoms with E-state index in [4.69, 9.17) is 4.98 Å². The molecule has 0 fully saturated rings. The number of hydrogen-bond acceptors (Lipinski definition) is 4. The minimum Gasteiger partial charge on any atom is -0.302 e. The van der Waals surface area contributed by atoms with Crippen LogP contribution in [0.4, 0.5) is 5.13 Å². The van der Waals surface area contributed by atoms with Crippen LogP contribution in [-0.4, -0.2) is 42.0 Å². The van der Waals surface area contributed by atoms with Gasteiger partial charge in [-0.25, -0.2) is 4.98 Å². The molecular weight excluding hydrogens is 390 g/mol. The number of carbonyl (C=O) groups excluding carboxylic acids is 1. The number of aryl methyl sites for hydroxylation is 1. The predicted molar refractivity (Wildman–Crippen MR) is 122 cm³/mol. The highest BCUT2D eigenvalue weighted by atomic mass is 35.5. The van der Waals surface area contributed by atoms with E-state index < -0.39 is 0 Å². The minimum absolute atomic E-state index is 0. The number of fused-ring (bicyclic) bond motifs is 1. The largest absolute Gasteiger partial charge is 0.302 e. The molecule has 3 aromatic rings. The lowest BCUT2D eigenvalue weighted by atomic mass is 10.1. The highest BCUT2D eigenvalue weighted by Crippen LogP contribution is 2.29. The molecule has 1 aromatic heterocycles. The van der Waals surface area contributed by atoms with Crippen LogP contribution in [0.5, 0.6) is 0 Å². The van der Waals surface area contributed by atoms with Crippen molar-refractivity contribution < 1.29 is 4.79 Å². The summed E-state index contributed by atoms with van der Waals surface area (Å²) in [5.41, 5.74) is 3.18. The lowest BCUT2D eigenvalue weighted by molar-refractivity contribution is -0.118. The highest BCUT2D eigenvalue weighted by Gasteiger charge is 2.20. The summed E-state index contributed by atoms with van der Waals surface area (Å²) < 4.78 is 1.11. The van der Waals surface area contributed by atoms with Crippen LogP contribution in [0.25, 0.3) is 10.2 Å². The fraction of sp³-hybridized carbons (Fsp3) is 0.364. The molecule has 150 valence electrons. The molecule has 0 aliphatic rings. The van der Waals surface area contributed by atoms with Crippen LogP contribution in [0.1, 0.15) is 25.0 Å². The third-order valence-corrected chi connectivity index (χ3v) is 5.85. The van der Waals surface area contributed by atoms with E-state index in [0.717, 1.165) is 40.5 Å². The maximum Gasteiger partial charge on any atom is 0.233 e. The Morgan fingerprint density at radius 2 is 1.79 bits per heavy atom. The number of amides is 1. The zero-order chi connectivity index (χ0) is 19.2. The molecule has 6 heteroatoms. The molecule has 0 radical (unpaired) electrons. The van der Waals surface area contributed by atoms with Crippen molar-refractivity contribution in [1.82, 2.24) is 9.88 Å². The zero-order valence-corrected chi connectivity index (χ0v) is 18.4. The van der Waals surface area contributed by atoms with Gasteiger partial charge in [-0.15, -0.1) is 12.4 Å². The van der Waals surface area contributed by atoms with Crippen molar-refractivity contribution in [2.24, 2.45) is 0 Å². The number of rotatable bonds is 8. The van der Waals surface area contributed by atoms with E-state index in [1.807, 2.05) is 35.2 Å². The highest BCUT2D eigenvalue weighted by molar-refractivity contribution is 7.22. The number of carbonyl (C=O) groups is 1. The van der Waals surface area contributed by atoms with Crippen LogP contribution in [0, 0.1) is 6.92 Å². The van der Waals surface area contributed by atoms with Gasteiger partial charge in [-0.05, 0) is 37.7 Å². The molecule has 0 saturated heterocycles. The Balaban J connectivity index is 0.00000280. The van der Waals surface area contributed by atoms with Gasteiger partial charge >= 0.3 is 0 Å². The summed E-state index contributed by atoms with van der Waals surface area (Å²) in [5.74, 6) is 0.104. The molecule has 3 rings (SSSR count). The molecule has 0 spiro atoms. The Hall–Kier alpha value is -1.95. The first kappa shape index (κ1) is 22.3. The van der Waals surface area contributed by atoms with E-state index in [9.17, 15) is 4.79 Å². The SMILES string of the molecule is CCN(CC)CCN(C(=O)Cc1cccc(C)c1)c1nc2ccccc2s1.Cl. The topological polar surface area (TPSA) is 36.4 Å². The number of likely N-dealkylation sites (N-methyl/N-ethyl adjacent to an activating group) is 1. The van der Waals surface area contributed by atoms with Crippen molar-refractivity contribution in [2.75, 3.05) is 31.1 Å². The molecule has 2 aromatic carbocycles. The van der Waals surface area contributed by atoms with E-state index in [-0.39, 0.29) is 18.3 Å². The standard InChI is InChI=1S/C22H27N3OS.ClH/c1-4-24(5-2)13-14-25(21(26)16-18-10-8-9-17(3)15-18)22-23-19-11-6-7-12-20(19)27-22;/h6-12,15H,4-5,13-14,16H2,1-3H3;1H. The second kappa shape index (κ2) is 10.6. The predicted octanol–water partition coefficient (Wildman–Crippen LogP) is 4.94. The van der Waals surface area contributed by atoms with Crippen molar-refractivity contribution in [3.63, 3.8) is 0 Å². The molecule has 0 N–H and O–H groups in total. The Morgan fingerprint density at radius 1 is 1.04 bits per heavy atom. The van der Waals surface area contributed by atoms with Crippen molar-refractivity contribution in [3.05, 3.63) is 59.7 Å². The van der Waals surface area contributed by atoms with Crippen molar-refractivity contribution in [3.8, 4) is 0 Å². The Labute approximate surface area is 177 Å². The Kier molecular flexibility index (Phi) is 8.42. The van der Waals surface area contributed by atoms with Gasteiger partial charge in [0.1, 0.15) is 0 Å². The van der Waals surface area contributed by atoms with E-state index in [1.165, 1.54) is 5.56 Å². The first-order valence-corrected chi connectivity index (χ1v) is 10.4. The molecular formula is C22H28ClN3OS. The number of nitrogens with zero attached hydrogens (tertiary/aromatic N) is 3. The first-order valence-electron chi connectivity index (χ1n) is 9.54. The second-order valence-corrected chi connectivity index (χ2v) is 7.71. The average molecular weight is 418 g/mol. The van der Waals surface area contributed by atoms with Crippen LogP contribution < -0.4 is 4.90 Å². The zero-order valence-electron chi connectivity index (χ0n) is 16.7. The monoisotopic (exact) mass is 417 g/mol. The smallest absolute Gasteiger partial charge is 0.233 e. The van der Waals surface area contributed by atoms with Crippen molar-refractivity contribution >= 4 is 45.0 Å². The molecule has 0 aliphatic carbocycles. The van der Waals surface area contributed by atoms with E-state index in [1.54, 1.807) is 11.3 Å². The van der Waals surface area contributed by atoms with Gasteiger partial charge < -0.3 is 4.90 Å². The van der Waals surface area contributed by atoms with Crippen molar-refractivity contribution in [1.29, 1.82) is 0 Å². The van der Waals surface area contributed by atoms with E-state index in [2.05, 4.69) is 43.9 Å². The third-order valence-electron chi connectivity index (χ3n) is 4.79. The van der Waals surface area contributed by atoms with Crippen LogP contribution in [0.3, 0.4) is 0 Å². The summed E-state index contributed by atoms with van der Waals surface area (Å²) in [7, 11) is 0. The summed E-state index contributed by atoms with van der Waals surface area (Å²) in [6.07, 6.45) is 0.399. The molecule has 0 atom stereocenters. The summed E-state index contributed by atoms with van der Waals surface area (Å²) in [4.78, 5) is 22.1. The second-order valence-electron chi connectivity index (χ2n) is 6.70. The molecule has 28 heavy (non-hydrogen) atoms. The summed E-state index contributed by atoms with van der Waals surface area (Å²) >= 11 is 1.59. The fourth-order valence-electron chi connectivity index (χ4n) is 3.18. The number of para-hydroxylation sites is 1. The minimum atomic E-state index is 0. The van der Waals surface area contributed by atoms with Gasteiger partial charge in [-0.2, -0.15) is 0 Å². The molecule has 1 amide bonds. The number of aromatic nitrogens is 1. The number of benzene rings is 2. The maximum absolute atomic E-state index is 13.2. The van der Waals surface area contributed by atoms with Gasteiger partial charge in [0, 0.05) is 13.1 Å². The van der Waals surface area contributed by atoms with Crippen LogP contribution in [0.15, 0.2) is 48.5 Å². The van der Waals surface area contributed by atoms with Gasteiger partial charge in [0.25, 0.3) is 0 Å². The number of thiazole rings is 1. The summed E-state index contributed by atoms with van der Waals surface area (Å²) in [5, 5.41) is 0.793. The van der Waals surface area contributed by atoms with Crippen LogP contribution >= 0.6 is 23.7 Å². The number of anilines is 1. The Bertz CT molecular complexity index is 874. The van der Waals surface area contributed by atoms with Gasteiger partial charge in [-0.3, -0.25) is 9.69 Å². The molecule has 4 nitrogen and oxygen atoms in total. The quantitative estimate of drug-likeness (QED) is 0.520. The average Bonchev–Trinajstić information content (AvgIpc) is 3.09. The lowest BCUT2D eigenvalue weighted by Crippen LogP contribution is -2.39. The molecule has 1 heterocycles. The lowest BCUT2D eigenvalue weighted by Gasteiger charge is -2.24. The van der Waals surface area contributed by atoms with Crippen molar-refractivity contribution in [2.45, 2.75) is 27.2 Å². The third kappa shape index (κ3) is 5.53. The molecule has 0 aliphatic heterocycles. The molecule has 0 bridgehead atoms. The normalized spacial score (nSPS) is 10.9.